The number of halogens is 1. The van der Waals surface area contributed by atoms with Gasteiger partial charge >= 0.3 is 0 Å². The van der Waals surface area contributed by atoms with Crippen LogP contribution < -0.4 is 4.90 Å². The molecule has 0 saturated heterocycles. The van der Waals surface area contributed by atoms with Crippen LogP contribution in [0, 0.1) is 12.7 Å². The van der Waals surface area contributed by atoms with E-state index in [4.69, 9.17) is 4.52 Å². The first-order chi connectivity index (χ1) is 14.1. The van der Waals surface area contributed by atoms with Gasteiger partial charge in [0.15, 0.2) is 11.5 Å². The van der Waals surface area contributed by atoms with Gasteiger partial charge in [0.25, 0.3) is 5.91 Å². The largest absolute Gasteiger partial charge is 0.355 e. The van der Waals surface area contributed by atoms with Gasteiger partial charge in [-0.1, -0.05) is 53.2 Å². The van der Waals surface area contributed by atoms with Gasteiger partial charge in [0.1, 0.15) is 11.6 Å². The summed E-state index contributed by atoms with van der Waals surface area (Å²) >= 11 is 0. The second-order valence-corrected chi connectivity index (χ2v) is 6.65. The Hall–Kier alpha value is -3.80. The fourth-order valence-corrected chi connectivity index (χ4v) is 2.91. The highest BCUT2D eigenvalue weighted by Crippen LogP contribution is 2.23. The lowest BCUT2D eigenvalue weighted by Crippen LogP contribution is -2.31. The van der Waals surface area contributed by atoms with Crippen LogP contribution in [0.1, 0.15) is 21.6 Å². The average Bonchev–Trinajstić information content (AvgIpc) is 3.24. The molecular weight excluding hydrogens is 369 g/mol. The SMILES string of the molecule is Cc1ccc(-c2cc(C(=O)N(Cc3ccc(F)cc3)c3ccccn3)no2)cc1. The predicted molar refractivity (Wildman–Crippen MR) is 108 cm³/mol. The molecule has 4 aromatic rings. The summed E-state index contributed by atoms with van der Waals surface area (Å²) in [5.74, 6) is 0.302. The summed E-state index contributed by atoms with van der Waals surface area (Å²) in [6, 6.07) is 20.7. The zero-order valence-electron chi connectivity index (χ0n) is 15.7. The van der Waals surface area contributed by atoms with Crippen LogP contribution in [0.25, 0.3) is 11.3 Å². The fourth-order valence-electron chi connectivity index (χ4n) is 2.91. The van der Waals surface area contributed by atoms with E-state index < -0.39 is 0 Å². The molecule has 2 aromatic carbocycles. The van der Waals surface area contributed by atoms with Crippen LogP contribution in [0.15, 0.2) is 83.5 Å². The normalized spacial score (nSPS) is 10.7. The molecule has 0 fully saturated rings. The van der Waals surface area contributed by atoms with Crippen LogP contribution in [0.4, 0.5) is 10.2 Å². The number of nitrogens with zero attached hydrogens (tertiary/aromatic N) is 3. The number of benzene rings is 2. The van der Waals surface area contributed by atoms with Crippen LogP contribution in [0.5, 0.6) is 0 Å². The van der Waals surface area contributed by atoms with Gasteiger partial charge in [-0.05, 0) is 36.8 Å². The number of aryl methyl sites for hydroxylation is 1. The molecule has 2 aromatic heterocycles. The molecule has 0 atom stereocenters. The van der Waals surface area contributed by atoms with E-state index >= 15 is 0 Å². The smallest absolute Gasteiger partial charge is 0.281 e. The number of hydrogen-bond acceptors (Lipinski definition) is 4. The molecule has 0 bridgehead atoms. The maximum absolute atomic E-state index is 13.2. The first-order valence-electron chi connectivity index (χ1n) is 9.11. The molecule has 5 nitrogen and oxygen atoms in total. The van der Waals surface area contributed by atoms with Crippen molar-refractivity contribution < 1.29 is 13.7 Å². The Labute approximate surface area is 167 Å². The van der Waals surface area contributed by atoms with Crippen LogP contribution in [-0.4, -0.2) is 16.0 Å². The summed E-state index contributed by atoms with van der Waals surface area (Å²) < 4.78 is 18.6. The zero-order chi connectivity index (χ0) is 20.2. The van der Waals surface area contributed by atoms with Gasteiger partial charge in [-0.25, -0.2) is 9.37 Å². The number of hydrogen-bond donors (Lipinski definition) is 0. The molecule has 1 amide bonds. The molecule has 0 aliphatic rings. The van der Waals surface area contributed by atoms with E-state index in [9.17, 15) is 9.18 Å². The lowest BCUT2D eigenvalue weighted by molar-refractivity contribution is 0.0975. The molecule has 0 aliphatic carbocycles. The Balaban J connectivity index is 1.64. The van der Waals surface area contributed by atoms with Crippen molar-refractivity contribution in [2.75, 3.05) is 4.90 Å². The van der Waals surface area contributed by atoms with Crippen LogP contribution in [0.2, 0.25) is 0 Å². The van der Waals surface area contributed by atoms with E-state index in [0.717, 1.165) is 16.7 Å². The quantitative estimate of drug-likeness (QED) is 0.482. The van der Waals surface area contributed by atoms with Crippen LogP contribution in [0.3, 0.4) is 0 Å². The third kappa shape index (κ3) is 4.21. The number of aromatic nitrogens is 2. The first-order valence-corrected chi connectivity index (χ1v) is 9.11. The third-order valence-corrected chi connectivity index (χ3v) is 4.49. The monoisotopic (exact) mass is 387 g/mol. The van der Waals surface area contributed by atoms with Crippen molar-refractivity contribution in [2.45, 2.75) is 13.5 Å². The second-order valence-electron chi connectivity index (χ2n) is 6.65. The Kier molecular flexibility index (Phi) is 5.16. The predicted octanol–water partition coefficient (Wildman–Crippen LogP) is 5.03. The molecule has 2 heterocycles. The zero-order valence-corrected chi connectivity index (χ0v) is 15.7. The van der Waals surface area contributed by atoms with E-state index in [0.29, 0.717) is 11.6 Å². The van der Waals surface area contributed by atoms with Crippen molar-refractivity contribution in [2.24, 2.45) is 0 Å². The topological polar surface area (TPSA) is 59.2 Å². The molecule has 0 radical (unpaired) electrons. The van der Waals surface area contributed by atoms with E-state index in [1.807, 2.05) is 31.2 Å². The Morgan fingerprint density at radius 2 is 1.79 bits per heavy atom. The maximum Gasteiger partial charge on any atom is 0.281 e. The molecule has 6 heteroatoms. The Morgan fingerprint density at radius 3 is 2.48 bits per heavy atom. The van der Waals surface area contributed by atoms with E-state index in [1.54, 1.807) is 42.6 Å². The molecule has 0 N–H and O–H groups in total. The minimum atomic E-state index is -0.352. The molecule has 0 saturated carbocycles. The van der Waals surface area contributed by atoms with Gasteiger partial charge in [0, 0.05) is 17.8 Å². The summed E-state index contributed by atoms with van der Waals surface area (Å²) in [6.07, 6.45) is 1.61. The highest BCUT2D eigenvalue weighted by molar-refractivity contribution is 6.04. The molecular formula is C23H18FN3O2. The molecule has 4 rings (SSSR count). The van der Waals surface area contributed by atoms with E-state index in [-0.39, 0.29) is 24.0 Å². The Morgan fingerprint density at radius 1 is 1.03 bits per heavy atom. The van der Waals surface area contributed by atoms with Gasteiger partial charge < -0.3 is 4.52 Å². The minimum Gasteiger partial charge on any atom is -0.355 e. The van der Waals surface area contributed by atoms with Crippen molar-refractivity contribution in [3.8, 4) is 11.3 Å². The number of carbonyl (C=O) groups excluding carboxylic acids is 1. The Bertz CT molecular complexity index is 1110. The van der Waals surface area contributed by atoms with Gasteiger partial charge in [-0.3, -0.25) is 9.69 Å². The van der Waals surface area contributed by atoms with E-state index in [2.05, 4.69) is 10.1 Å². The minimum absolute atomic E-state index is 0.174. The van der Waals surface area contributed by atoms with Gasteiger partial charge in [-0.15, -0.1) is 0 Å². The number of amides is 1. The summed E-state index contributed by atoms with van der Waals surface area (Å²) in [6.45, 7) is 2.22. The highest BCUT2D eigenvalue weighted by atomic mass is 19.1. The lowest BCUT2D eigenvalue weighted by Gasteiger charge is -2.20. The number of pyridine rings is 1. The van der Waals surface area contributed by atoms with Crippen molar-refractivity contribution in [1.29, 1.82) is 0 Å². The van der Waals surface area contributed by atoms with Gasteiger partial charge in [0.05, 0.1) is 6.54 Å². The van der Waals surface area contributed by atoms with Gasteiger partial charge in [-0.2, -0.15) is 0 Å². The second kappa shape index (κ2) is 8.06. The molecule has 144 valence electrons. The summed E-state index contributed by atoms with van der Waals surface area (Å²) in [7, 11) is 0. The molecule has 0 unspecified atom stereocenters. The highest BCUT2D eigenvalue weighted by Gasteiger charge is 2.23. The molecule has 0 aliphatic heterocycles. The molecule has 0 spiro atoms. The average molecular weight is 387 g/mol. The summed E-state index contributed by atoms with van der Waals surface area (Å²) in [5.41, 5.74) is 2.91. The van der Waals surface area contributed by atoms with Crippen LogP contribution in [-0.2, 0) is 6.54 Å². The summed E-state index contributed by atoms with van der Waals surface area (Å²) in [4.78, 5) is 19.0. The van der Waals surface area contributed by atoms with Crippen molar-refractivity contribution in [3.05, 3.63) is 102 Å². The van der Waals surface area contributed by atoms with E-state index in [1.165, 1.54) is 17.0 Å². The van der Waals surface area contributed by atoms with Gasteiger partial charge in [0.2, 0.25) is 0 Å². The number of carbonyl (C=O) groups is 1. The van der Waals surface area contributed by atoms with Crippen molar-refractivity contribution in [3.63, 3.8) is 0 Å². The molecule has 29 heavy (non-hydrogen) atoms. The van der Waals surface area contributed by atoms with Crippen LogP contribution >= 0.6 is 0 Å². The summed E-state index contributed by atoms with van der Waals surface area (Å²) in [5, 5.41) is 3.96. The first kappa shape index (κ1) is 18.6. The lowest BCUT2D eigenvalue weighted by atomic mass is 10.1. The van der Waals surface area contributed by atoms with Crippen molar-refractivity contribution in [1.82, 2.24) is 10.1 Å². The number of rotatable bonds is 5. The third-order valence-electron chi connectivity index (χ3n) is 4.49. The van der Waals surface area contributed by atoms with Crippen molar-refractivity contribution >= 4 is 11.7 Å². The fraction of sp³-hybridized carbons (Fsp3) is 0.0870. The number of anilines is 1. The maximum atomic E-state index is 13.2. The standard InChI is InChI=1S/C23H18FN3O2/c1-16-5-9-18(10-6-16)21-14-20(26-29-21)23(28)27(22-4-2-3-13-25-22)15-17-7-11-19(24)12-8-17/h2-14H,15H2,1H3.